The van der Waals surface area contributed by atoms with Crippen molar-refractivity contribution in [2.45, 2.75) is 33.1 Å². The summed E-state index contributed by atoms with van der Waals surface area (Å²) in [5.41, 5.74) is 3.13. The second kappa shape index (κ2) is 6.64. The predicted octanol–water partition coefficient (Wildman–Crippen LogP) is 3.04. The molecule has 142 valence electrons. The lowest BCUT2D eigenvalue weighted by Crippen LogP contribution is -2.47. The molecular formula is C22H27N3O2. The van der Waals surface area contributed by atoms with Crippen LogP contribution < -0.4 is 0 Å². The van der Waals surface area contributed by atoms with E-state index in [1.165, 1.54) is 11.5 Å². The van der Waals surface area contributed by atoms with Crippen molar-refractivity contribution in [1.29, 1.82) is 0 Å². The van der Waals surface area contributed by atoms with Crippen molar-refractivity contribution in [1.82, 2.24) is 14.4 Å². The summed E-state index contributed by atoms with van der Waals surface area (Å²) in [4.78, 5) is 28.5. The van der Waals surface area contributed by atoms with Gasteiger partial charge in [-0.25, -0.2) is 0 Å². The fourth-order valence-electron chi connectivity index (χ4n) is 4.31. The minimum absolute atomic E-state index is 0.118. The Morgan fingerprint density at radius 2 is 2.11 bits per heavy atom. The van der Waals surface area contributed by atoms with Gasteiger partial charge in [-0.15, -0.1) is 0 Å². The minimum atomic E-state index is -2.48. The summed E-state index contributed by atoms with van der Waals surface area (Å²) in [5, 5.41) is 0.813. The van der Waals surface area contributed by atoms with Crippen molar-refractivity contribution in [3.05, 3.63) is 41.6 Å². The number of carbonyl (C=O) groups excluding carboxylic acids is 2. The fraction of sp³-hybridized carbons (Fsp3) is 0.455. The largest absolute Gasteiger partial charge is 0.343 e. The number of rotatable bonds is 3. The average molecular weight is 373 g/mol. The van der Waals surface area contributed by atoms with Gasteiger partial charge in [-0.2, -0.15) is 0 Å². The van der Waals surface area contributed by atoms with Crippen molar-refractivity contribution in [2.75, 3.05) is 26.7 Å². The molecule has 0 bridgehead atoms. The van der Waals surface area contributed by atoms with Crippen LogP contribution in [0.3, 0.4) is 0 Å². The van der Waals surface area contributed by atoms with Crippen molar-refractivity contribution >= 4 is 28.3 Å². The Morgan fingerprint density at radius 1 is 1.33 bits per heavy atom. The highest BCUT2D eigenvalue weighted by atomic mass is 16.2. The number of hydrogen-bond acceptors (Lipinski definition) is 3. The molecule has 1 aliphatic carbocycles. The van der Waals surface area contributed by atoms with Gasteiger partial charge in [0.05, 0.1) is 12.8 Å². The Kier molecular flexibility index (Phi) is 2.82. The third kappa shape index (κ3) is 2.72. The molecule has 1 amide bonds. The van der Waals surface area contributed by atoms with Crippen LogP contribution in [0.2, 0.25) is 0 Å². The predicted molar refractivity (Wildman–Crippen MR) is 108 cm³/mol. The fourth-order valence-corrected chi connectivity index (χ4v) is 4.31. The van der Waals surface area contributed by atoms with Gasteiger partial charge >= 0.3 is 0 Å². The van der Waals surface area contributed by atoms with Crippen LogP contribution in [0.4, 0.5) is 0 Å². The number of fused-ring (bicyclic) bond motifs is 2. The minimum Gasteiger partial charge on any atom is -0.343 e. The van der Waals surface area contributed by atoms with Gasteiger partial charge in [-0.05, 0) is 49.9 Å². The molecule has 0 spiro atoms. The Hall–Kier alpha value is -2.40. The molecule has 1 aromatic carbocycles. The highest BCUT2D eigenvalue weighted by molar-refractivity contribution is 6.03. The van der Waals surface area contributed by atoms with Gasteiger partial charge in [-0.3, -0.25) is 19.1 Å². The van der Waals surface area contributed by atoms with E-state index < -0.39 is 38.6 Å². The SMILES string of the molecule is [2H]c1c2c3c(cccc3n1C(C)=O)C1=C[C@@H](C(=O)N(CC([2H])([2H])[2H])CC([2H])([2H])[2H])CN(C)[C@@H]1C2. The van der Waals surface area contributed by atoms with Crippen LogP contribution in [0, 0.1) is 5.92 Å². The number of benzene rings is 1. The van der Waals surface area contributed by atoms with E-state index in [-0.39, 0.29) is 24.7 Å². The van der Waals surface area contributed by atoms with Gasteiger partial charge in [0.25, 0.3) is 0 Å². The molecule has 2 atom stereocenters. The van der Waals surface area contributed by atoms with Crippen molar-refractivity contribution in [3.8, 4) is 0 Å². The van der Waals surface area contributed by atoms with Crippen LogP contribution >= 0.6 is 0 Å². The molecule has 27 heavy (non-hydrogen) atoms. The summed E-state index contributed by atoms with van der Waals surface area (Å²) in [7, 11) is 1.85. The summed E-state index contributed by atoms with van der Waals surface area (Å²) in [6.07, 6.45) is 2.48. The lowest BCUT2D eigenvalue weighted by atomic mass is 9.79. The smallest absolute Gasteiger partial charge is 0.230 e. The standard InChI is InChI=1S/C22H27N3O2/c1-5-24(6-2)22(27)16-10-18-17-8-7-9-19-21(17)15(13-25(19)14(3)26)11-20(18)23(4)12-16/h7-10,13,16,20H,5-6,11-12H2,1-4H3/t16-,20-/m1/s1/i1D3,2D3,13D. The molecule has 5 heteroatoms. The molecular weight excluding hydrogens is 338 g/mol. The zero-order chi connectivity index (χ0) is 25.2. The van der Waals surface area contributed by atoms with Gasteiger partial charge in [0.2, 0.25) is 11.8 Å². The number of aromatic nitrogens is 1. The second-order valence-electron chi connectivity index (χ2n) is 7.23. The highest BCUT2D eigenvalue weighted by Crippen LogP contribution is 2.41. The van der Waals surface area contributed by atoms with E-state index in [4.69, 9.17) is 9.60 Å². The molecule has 0 radical (unpaired) electrons. The summed E-state index contributed by atoms with van der Waals surface area (Å²) >= 11 is 0. The van der Waals surface area contributed by atoms with Gasteiger partial charge in [0, 0.05) is 52.4 Å². The van der Waals surface area contributed by atoms with Crippen LogP contribution in [-0.4, -0.2) is 58.9 Å². The monoisotopic (exact) mass is 372 g/mol. The van der Waals surface area contributed by atoms with Crippen molar-refractivity contribution < 1.29 is 19.2 Å². The van der Waals surface area contributed by atoms with Crippen molar-refractivity contribution in [3.63, 3.8) is 0 Å². The van der Waals surface area contributed by atoms with E-state index in [1.807, 2.05) is 30.2 Å². The Bertz CT molecular complexity index is 1180. The Balaban J connectivity index is 1.79. The van der Waals surface area contributed by atoms with Gasteiger partial charge < -0.3 is 4.90 Å². The van der Waals surface area contributed by atoms with E-state index in [0.29, 0.717) is 11.9 Å². The van der Waals surface area contributed by atoms with Crippen molar-refractivity contribution in [2.24, 2.45) is 5.92 Å². The molecule has 1 aromatic heterocycles. The maximum Gasteiger partial charge on any atom is 0.230 e. The lowest BCUT2D eigenvalue weighted by molar-refractivity contribution is -0.134. The Labute approximate surface area is 170 Å². The van der Waals surface area contributed by atoms with E-state index >= 15 is 0 Å². The normalized spacial score (nSPS) is 26.4. The van der Waals surface area contributed by atoms with E-state index in [1.54, 1.807) is 6.07 Å². The maximum atomic E-state index is 13.4. The molecule has 2 heterocycles. The molecule has 2 aromatic rings. The highest BCUT2D eigenvalue weighted by Gasteiger charge is 2.37. The summed E-state index contributed by atoms with van der Waals surface area (Å²) in [5.74, 6) is -1.50. The molecule has 0 unspecified atom stereocenters. The van der Waals surface area contributed by atoms with Crippen LogP contribution in [-0.2, 0) is 11.2 Å². The van der Waals surface area contributed by atoms with Gasteiger partial charge in [-0.1, -0.05) is 18.2 Å². The third-order valence-electron chi connectivity index (χ3n) is 5.62. The zero-order valence-electron chi connectivity index (χ0n) is 22.5. The first-order chi connectivity index (χ1) is 15.7. The van der Waals surface area contributed by atoms with Crippen LogP contribution in [0.1, 0.15) is 46.1 Å². The molecule has 0 saturated heterocycles. The van der Waals surface area contributed by atoms with Crippen LogP contribution in [0.25, 0.3) is 16.5 Å². The second-order valence-corrected chi connectivity index (χ2v) is 7.23. The summed E-state index contributed by atoms with van der Waals surface area (Å²) in [6, 6.07) is 5.39. The topological polar surface area (TPSA) is 45.6 Å². The maximum absolute atomic E-state index is 13.4. The van der Waals surface area contributed by atoms with Gasteiger partial charge in [0.15, 0.2) is 0 Å². The first-order valence-electron chi connectivity index (χ1n) is 12.5. The molecule has 0 fully saturated rings. The lowest BCUT2D eigenvalue weighted by Gasteiger charge is -2.40. The first kappa shape index (κ1) is 11.4. The van der Waals surface area contributed by atoms with Gasteiger partial charge in [0.1, 0.15) is 0 Å². The van der Waals surface area contributed by atoms with Crippen LogP contribution in [0.15, 0.2) is 30.4 Å². The molecule has 5 nitrogen and oxygen atoms in total. The molecule has 0 saturated carbocycles. The Morgan fingerprint density at radius 3 is 2.81 bits per heavy atom. The third-order valence-corrected chi connectivity index (χ3v) is 5.62. The van der Waals surface area contributed by atoms with E-state index in [9.17, 15) is 9.59 Å². The number of carbonyl (C=O) groups is 2. The average Bonchev–Trinajstić information content (AvgIpc) is 2.98. The molecule has 1 aliphatic heterocycles. The quantitative estimate of drug-likeness (QED) is 0.832. The zero-order valence-corrected chi connectivity index (χ0v) is 15.5. The molecule has 0 N–H and O–H groups in total. The summed E-state index contributed by atoms with van der Waals surface area (Å²) < 4.78 is 55.3. The number of likely N-dealkylation sites (N-methyl/N-ethyl adjacent to an activating group) is 1. The van der Waals surface area contributed by atoms with Crippen LogP contribution in [0.5, 0.6) is 0 Å². The molecule has 2 aliphatic rings. The number of nitrogens with zero attached hydrogens (tertiary/aromatic N) is 3. The van der Waals surface area contributed by atoms with E-state index in [2.05, 4.69) is 0 Å². The number of hydrogen-bond donors (Lipinski definition) is 0. The summed E-state index contributed by atoms with van der Waals surface area (Å²) in [6.45, 7) is -4.53. The first-order valence-corrected chi connectivity index (χ1v) is 9.03. The van der Waals surface area contributed by atoms with E-state index in [0.717, 1.165) is 27.0 Å². The number of amides is 1. The molecule has 4 rings (SSSR count).